The maximum absolute atomic E-state index is 3.65. The fourth-order valence-corrected chi connectivity index (χ4v) is 3.16. The molecular formula is C20H28N2. The summed E-state index contributed by atoms with van der Waals surface area (Å²) in [5.41, 5.74) is 2.48. The maximum Gasteiger partial charge on any atom is 0.0368 e. The van der Waals surface area contributed by atoms with Gasteiger partial charge in [-0.25, -0.2) is 0 Å². The molecule has 0 unspecified atom stereocenters. The Morgan fingerprint density at radius 3 is 1.86 bits per heavy atom. The number of nitrogens with zero attached hydrogens (tertiary/aromatic N) is 1. The van der Waals surface area contributed by atoms with Crippen LogP contribution in [0.1, 0.15) is 34.1 Å². The third-order valence-corrected chi connectivity index (χ3v) is 4.18. The van der Waals surface area contributed by atoms with Gasteiger partial charge in [-0.3, -0.25) is 0 Å². The Balaban J connectivity index is 2.09. The molecule has 0 aliphatic heterocycles. The van der Waals surface area contributed by atoms with Crippen molar-refractivity contribution in [1.29, 1.82) is 0 Å². The molecule has 0 saturated heterocycles. The van der Waals surface area contributed by atoms with Crippen LogP contribution < -0.4 is 10.2 Å². The van der Waals surface area contributed by atoms with Crippen LogP contribution in [-0.4, -0.2) is 18.1 Å². The van der Waals surface area contributed by atoms with Crippen molar-refractivity contribution < 1.29 is 0 Å². The highest BCUT2D eigenvalue weighted by molar-refractivity contribution is 5.49. The molecule has 2 heteroatoms. The fraction of sp³-hybridized carbons (Fsp3) is 0.400. The molecule has 0 spiro atoms. The highest BCUT2D eigenvalue weighted by Crippen LogP contribution is 2.31. The number of hydrogen-bond acceptors (Lipinski definition) is 2. The van der Waals surface area contributed by atoms with Crippen LogP contribution in [0.15, 0.2) is 60.7 Å². The summed E-state index contributed by atoms with van der Waals surface area (Å²) in [6.07, 6.45) is 1.03. The van der Waals surface area contributed by atoms with Gasteiger partial charge >= 0.3 is 0 Å². The lowest BCUT2D eigenvalue weighted by molar-refractivity contribution is 0.359. The summed E-state index contributed by atoms with van der Waals surface area (Å²) in [7, 11) is 2.17. The van der Waals surface area contributed by atoms with Gasteiger partial charge in [-0.05, 0) is 58.4 Å². The van der Waals surface area contributed by atoms with Crippen molar-refractivity contribution in [3.63, 3.8) is 0 Å². The molecule has 118 valence electrons. The van der Waals surface area contributed by atoms with E-state index in [9.17, 15) is 0 Å². The number of nitrogens with one attached hydrogen (secondary N) is 1. The van der Waals surface area contributed by atoms with Gasteiger partial charge in [-0.2, -0.15) is 0 Å². The second-order valence-electron chi connectivity index (χ2n) is 7.26. The molecule has 0 radical (unpaired) electrons. The topological polar surface area (TPSA) is 15.3 Å². The van der Waals surface area contributed by atoms with E-state index in [2.05, 4.69) is 99.6 Å². The minimum atomic E-state index is 0.00783. The van der Waals surface area contributed by atoms with Crippen LogP contribution in [0.4, 0.5) is 11.4 Å². The summed E-state index contributed by atoms with van der Waals surface area (Å²) in [4.78, 5) is 2.36. The van der Waals surface area contributed by atoms with Gasteiger partial charge in [0.1, 0.15) is 0 Å². The first-order valence-electron chi connectivity index (χ1n) is 7.92. The van der Waals surface area contributed by atoms with Crippen molar-refractivity contribution in [2.45, 2.75) is 45.2 Å². The minimum absolute atomic E-state index is 0.00783. The Morgan fingerprint density at radius 2 is 1.32 bits per heavy atom. The van der Waals surface area contributed by atoms with E-state index in [1.807, 2.05) is 6.07 Å². The predicted molar refractivity (Wildman–Crippen MR) is 97.7 cm³/mol. The second-order valence-corrected chi connectivity index (χ2v) is 7.26. The van der Waals surface area contributed by atoms with Crippen molar-refractivity contribution in [2.75, 3.05) is 17.3 Å². The van der Waals surface area contributed by atoms with Gasteiger partial charge in [0, 0.05) is 29.5 Å². The number of benzene rings is 2. The summed E-state index contributed by atoms with van der Waals surface area (Å²) in [5.74, 6) is 0. The van der Waals surface area contributed by atoms with Crippen LogP contribution >= 0.6 is 0 Å². The first-order valence-corrected chi connectivity index (χ1v) is 7.92. The molecule has 0 atom stereocenters. The van der Waals surface area contributed by atoms with E-state index < -0.39 is 0 Å². The summed E-state index contributed by atoms with van der Waals surface area (Å²) in [6, 6.07) is 21.0. The van der Waals surface area contributed by atoms with E-state index >= 15 is 0 Å². The standard InChI is InChI=1S/C20H28N2/c1-19(2,21-17-12-8-6-9-13-17)16-20(3,4)22(5)18-14-10-7-11-15-18/h6-15,21H,16H2,1-5H3. The smallest absolute Gasteiger partial charge is 0.0368 e. The van der Waals surface area contributed by atoms with E-state index in [-0.39, 0.29) is 11.1 Å². The van der Waals surface area contributed by atoms with Crippen molar-refractivity contribution in [3.05, 3.63) is 60.7 Å². The van der Waals surface area contributed by atoms with Crippen LogP contribution in [0.2, 0.25) is 0 Å². The maximum atomic E-state index is 3.65. The lowest BCUT2D eigenvalue weighted by Crippen LogP contribution is -2.48. The van der Waals surface area contributed by atoms with Crippen LogP contribution in [0.25, 0.3) is 0 Å². The number of anilines is 2. The Hall–Kier alpha value is -1.96. The molecule has 2 nitrogen and oxygen atoms in total. The summed E-state index contributed by atoms with van der Waals surface area (Å²) < 4.78 is 0. The number of rotatable bonds is 6. The third-order valence-electron chi connectivity index (χ3n) is 4.18. The van der Waals surface area contributed by atoms with Gasteiger partial charge < -0.3 is 10.2 Å². The van der Waals surface area contributed by atoms with Crippen LogP contribution in [0.5, 0.6) is 0 Å². The molecule has 2 aromatic carbocycles. The minimum Gasteiger partial charge on any atom is -0.380 e. The van der Waals surface area contributed by atoms with Crippen molar-refractivity contribution in [1.82, 2.24) is 0 Å². The molecule has 2 rings (SSSR count). The van der Waals surface area contributed by atoms with Gasteiger partial charge in [0.15, 0.2) is 0 Å². The lowest BCUT2D eigenvalue weighted by Gasteiger charge is -2.43. The van der Waals surface area contributed by atoms with Gasteiger partial charge in [0.05, 0.1) is 0 Å². The molecule has 0 saturated carbocycles. The van der Waals surface area contributed by atoms with Crippen molar-refractivity contribution in [2.24, 2.45) is 0 Å². The van der Waals surface area contributed by atoms with Crippen molar-refractivity contribution >= 4 is 11.4 Å². The molecule has 0 fully saturated rings. The predicted octanol–water partition coefficient (Wildman–Crippen LogP) is 5.18. The normalized spacial score (nSPS) is 12.0. The number of hydrogen-bond donors (Lipinski definition) is 1. The van der Waals surface area contributed by atoms with Gasteiger partial charge in [0.2, 0.25) is 0 Å². The molecule has 2 aromatic rings. The van der Waals surface area contributed by atoms with Gasteiger partial charge in [-0.15, -0.1) is 0 Å². The molecule has 0 aliphatic rings. The monoisotopic (exact) mass is 296 g/mol. The van der Waals surface area contributed by atoms with E-state index in [4.69, 9.17) is 0 Å². The molecule has 0 heterocycles. The second kappa shape index (κ2) is 6.43. The van der Waals surface area contributed by atoms with Crippen LogP contribution in [0.3, 0.4) is 0 Å². The first kappa shape index (κ1) is 16.4. The Bertz CT molecular complexity index is 573. The highest BCUT2D eigenvalue weighted by atomic mass is 15.2. The highest BCUT2D eigenvalue weighted by Gasteiger charge is 2.32. The van der Waals surface area contributed by atoms with E-state index in [1.54, 1.807) is 0 Å². The molecule has 1 N–H and O–H groups in total. The molecular weight excluding hydrogens is 268 g/mol. The molecule has 0 bridgehead atoms. The van der Waals surface area contributed by atoms with Gasteiger partial charge in [0.25, 0.3) is 0 Å². The summed E-state index contributed by atoms with van der Waals surface area (Å²) >= 11 is 0. The summed E-state index contributed by atoms with van der Waals surface area (Å²) in [5, 5.41) is 3.65. The Labute approximate surface area is 135 Å². The summed E-state index contributed by atoms with van der Waals surface area (Å²) in [6.45, 7) is 9.13. The van der Waals surface area contributed by atoms with E-state index in [0.29, 0.717) is 0 Å². The van der Waals surface area contributed by atoms with E-state index in [0.717, 1.165) is 6.42 Å². The zero-order chi connectivity index (χ0) is 16.2. The molecule has 0 aliphatic carbocycles. The average molecular weight is 296 g/mol. The SMILES string of the molecule is CN(c1ccccc1)C(C)(C)CC(C)(C)Nc1ccccc1. The average Bonchev–Trinajstić information content (AvgIpc) is 2.46. The molecule has 0 aromatic heterocycles. The lowest BCUT2D eigenvalue weighted by atomic mass is 9.85. The molecule has 22 heavy (non-hydrogen) atoms. The zero-order valence-corrected chi connectivity index (χ0v) is 14.4. The number of para-hydroxylation sites is 2. The first-order chi connectivity index (χ1) is 10.3. The Kier molecular flexibility index (Phi) is 4.80. The van der Waals surface area contributed by atoms with E-state index in [1.165, 1.54) is 11.4 Å². The fourth-order valence-electron chi connectivity index (χ4n) is 3.16. The zero-order valence-electron chi connectivity index (χ0n) is 14.4. The largest absolute Gasteiger partial charge is 0.380 e. The Morgan fingerprint density at radius 1 is 0.818 bits per heavy atom. The van der Waals surface area contributed by atoms with Gasteiger partial charge in [-0.1, -0.05) is 36.4 Å². The quantitative estimate of drug-likeness (QED) is 0.790. The van der Waals surface area contributed by atoms with Crippen LogP contribution in [-0.2, 0) is 0 Å². The van der Waals surface area contributed by atoms with Crippen molar-refractivity contribution in [3.8, 4) is 0 Å². The molecule has 0 amide bonds. The van der Waals surface area contributed by atoms with Crippen LogP contribution in [0, 0.1) is 0 Å². The third kappa shape index (κ3) is 4.27.